The van der Waals surface area contributed by atoms with Gasteiger partial charge in [0, 0.05) is 5.54 Å². The Bertz CT molecular complexity index is 228. The van der Waals surface area contributed by atoms with E-state index in [-0.39, 0.29) is 5.54 Å². The Morgan fingerprint density at radius 1 is 0.850 bits per heavy atom. The predicted octanol–water partition coefficient (Wildman–Crippen LogP) is 5.93. The maximum atomic E-state index is 3.72. The molecule has 1 saturated carbocycles. The van der Waals surface area contributed by atoms with Gasteiger partial charge in [-0.05, 0) is 45.6 Å². The minimum Gasteiger partial charge on any atom is -0.312 e. The molecule has 2 atom stereocenters. The van der Waals surface area contributed by atoms with Gasteiger partial charge in [0.05, 0.1) is 0 Å². The molecule has 1 nitrogen and oxygen atoms in total. The summed E-state index contributed by atoms with van der Waals surface area (Å²) in [5, 5.41) is 3.72. The van der Waals surface area contributed by atoms with Gasteiger partial charge in [-0.25, -0.2) is 0 Å². The van der Waals surface area contributed by atoms with E-state index in [1.54, 1.807) is 0 Å². The van der Waals surface area contributed by atoms with E-state index in [1.807, 2.05) is 0 Å². The third-order valence-corrected chi connectivity index (χ3v) is 4.89. The number of rotatable bonds is 10. The van der Waals surface area contributed by atoms with Gasteiger partial charge in [0.15, 0.2) is 0 Å². The molecule has 1 fully saturated rings. The van der Waals surface area contributed by atoms with Crippen LogP contribution in [0, 0.1) is 11.8 Å². The molecule has 0 amide bonds. The summed E-state index contributed by atoms with van der Waals surface area (Å²) >= 11 is 0. The second-order valence-electron chi connectivity index (χ2n) is 7.99. The average molecular weight is 282 g/mol. The Morgan fingerprint density at radius 2 is 1.45 bits per heavy atom. The van der Waals surface area contributed by atoms with Crippen molar-refractivity contribution in [2.24, 2.45) is 11.8 Å². The van der Waals surface area contributed by atoms with E-state index in [1.165, 1.54) is 77.2 Å². The third-order valence-electron chi connectivity index (χ3n) is 4.89. The molecule has 1 rings (SSSR count). The molecule has 0 heterocycles. The highest BCUT2D eigenvalue weighted by molar-refractivity contribution is 4.82. The van der Waals surface area contributed by atoms with Gasteiger partial charge >= 0.3 is 0 Å². The predicted molar refractivity (Wildman–Crippen MR) is 91.2 cm³/mol. The highest BCUT2D eigenvalue weighted by atomic mass is 14.9. The molecule has 0 aromatic heterocycles. The van der Waals surface area contributed by atoms with Crippen molar-refractivity contribution in [3.63, 3.8) is 0 Å². The summed E-state index contributed by atoms with van der Waals surface area (Å²) in [7, 11) is 0. The van der Waals surface area contributed by atoms with E-state index in [0.717, 1.165) is 11.8 Å². The van der Waals surface area contributed by atoms with Crippen LogP contribution in [0.5, 0.6) is 0 Å². The van der Waals surface area contributed by atoms with Crippen LogP contribution in [-0.4, -0.2) is 12.1 Å². The molecule has 0 aliphatic heterocycles. The van der Waals surface area contributed by atoms with Crippen molar-refractivity contribution in [3.05, 3.63) is 0 Å². The zero-order valence-electron chi connectivity index (χ0n) is 14.6. The number of hydrogen-bond donors (Lipinski definition) is 1. The van der Waals surface area contributed by atoms with Crippen LogP contribution in [0.3, 0.4) is 0 Å². The quantitative estimate of drug-likeness (QED) is 0.489. The SMILES string of the molecule is CCCCCCCCCC1CCCC1CNC(C)(C)C. The molecule has 1 aliphatic carbocycles. The van der Waals surface area contributed by atoms with Crippen molar-refractivity contribution in [2.45, 2.75) is 104 Å². The van der Waals surface area contributed by atoms with Gasteiger partial charge in [-0.2, -0.15) is 0 Å². The summed E-state index contributed by atoms with van der Waals surface area (Å²) in [6.45, 7) is 10.4. The third kappa shape index (κ3) is 8.29. The van der Waals surface area contributed by atoms with E-state index in [4.69, 9.17) is 0 Å². The van der Waals surface area contributed by atoms with Gasteiger partial charge in [0.2, 0.25) is 0 Å². The van der Waals surface area contributed by atoms with Crippen molar-refractivity contribution in [1.29, 1.82) is 0 Å². The van der Waals surface area contributed by atoms with Crippen LogP contribution in [0.4, 0.5) is 0 Å². The molecule has 0 bridgehead atoms. The van der Waals surface area contributed by atoms with Crippen molar-refractivity contribution < 1.29 is 0 Å². The van der Waals surface area contributed by atoms with Gasteiger partial charge in [-0.3, -0.25) is 0 Å². The molecule has 120 valence electrons. The van der Waals surface area contributed by atoms with Crippen LogP contribution in [-0.2, 0) is 0 Å². The first kappa shape index (κ1) is 18.0. The van der Waals surface area contributed by atoms with Crippen LogP contribution in [0.15, 0.2) is 0 Å². The van der Waals surface area contributed by atoms with Gasteiger partial charge in [0.1, 0.15) is 0 Å². The maximum Gasteiger partial charge on any atom is 0.00966 e. The Kier molecular flexibility index (Phi) is 8.84. The maximum absolute atomic E-state index is 3.72. The second-order valence-corrected chi connectivity index (χ2v) is 7.99. The number of unbranched alkanes of at least 4 members (excludes halogenated alkanes) is 6. The molecule has 20 heavy (non-hydrogen) atoms. The minimum absolute atomic E-state index is 0.284. The lowest BCUT2D eigenvalue weighted by Crippen LogP contribution is -2.39. The van der Waals surface area contributed by atoms with E-state index in [9.17, 15) is 0 Å². The van der Waals surface area contributed by atoms with E-state index >= 15 is 0 Å². The molecular weight excluding hydrogens is 242 g/mol. The monoisotopic (exact) mass is 281 g/mol. The lowest BCUT2D eigenvalue weighted by atomic mass is 9.90. The number of nitrogens with one attached hydrogen (secondary N) is 1. The molecular formula is C19H39N. The van der Waals surface area contributed by atoms with Crippen LogP contribution in [0.1, 0.15) is 98.3 Å². The molecule has 2 unspecified atom stereocenters. The first-order chi connectivity index (χ1) is 9.53. The van der Waals surface area contributed by atoms with Crippen molar-refractivity contribution >= 4 is 0 Å². The molecule has 0 aromatic rings. The lowest BCUT2D eigenvalue weighted by molar-refractivity contribution is 0.300. The van der Waals surface area contributed by atoms with E-state index in [2.05, 4.69) is 33.0 Å². The summed E-state index contributed by atoms with van der Waals surface area (Å²) in [5.74, 6) is 1.97. The molecule has 0 radical (unpaired) electrons. The second kappa shape index (κ2) is 9.82. The minimum atomic E-state index is 0.284. The topological polar surface area (TPSA) is 12.0 Å². The Labute approximate surface area is 128 Å². The van der Waals surface area contributed by atoms with Gasteiger partial charge in [-0.1, -0.05) is 71.1 Å². The Morgan fingerprint density at radius 3 is 2.10 bits per heavy atom. The van der Waals surface area contributed by atoms with Gasteiger partial charge in [-0.15, -0.1) is 0 Å². The number of hydrogen-bond acceptors (Lipinski definition) is 1. The van der Waals surface area contributed by atoms with Crippen molar-refractivity contribution in [1.82, 2.24) is 5.32 Å². The molecule has 1 heteroatoms. The molecule has 0 saturated heterocycles. The van der Waals surface area contributed by atoms with E-state index < -0.39 is 0 Å². The summed E-state index contributed by atoms with van der Waals surface area (Å²) in [4.78, 5) is 0. The standard InChI is InChI=1S/C19H39N/c1-5-6-7-8-9-10-11-13-17-14-12-15-18(17)16-20-19(2,3)4/h17-18,20H,5-16H2,1-4H3. The zero-order valence-corrected chi connectivity index (χ0v) is 14.6. The normalized spacial score (nSPS) is 23.4. The summed E-state index contributed by atoms with van der Waals surface area (Å²) in [6, 6.07) is 0. The van der Waals surface area contributed by atoms with Crippen LogP contribution in [0.2, 0.25) is 0 Å². The summed E-state index contributed by atoms with van der Waals surface area (Å²) in [6.07, 6.45) is 16.1. The Balaban J connectivity index is 2.06. The fourth-order valence-electron chi connectivity index (χ4n) is 3.56. The highest BCUT2D eigenvalue weighted by Crippen LogP contribution is 2.35. The molecule has 0 aromatic carbocycles. The van der Waals surface area contributed by atoms with Crippen LogP contribution in [0.25, 0.3) is 0 Å². The first-order valence-electron chi connectivity index (χ1n) is 9.28. The molecule has 1 N–H and O–H groups in total. The van der Waals surface area contributed by atoms with Gasteiger partial charge in [0.25, 0.3) is 0 Å². The summed E-state index contributed by atoms with van der Waals surface area (Å²) in [5.41, 5.74) is 0.284. The fourth-order valence-corrected chi connectivity index (χ4v) is 3.56. The smallest absolute Gasteiger partial charge is 0.00966 e. The van der Waals surface area contributed by atoms with E-state index in [0.29, 0.717) is 0 Å². The van der Waals surface area contributed by atoms with Crippen LogP contribution >= 0.6 is 0 Å². The highest BCUT2D eigenvalue weighted by Gasteiger charge is 2.27. The fraction of sp³-hybridized carbons (Fsp3) is 1.00. The van der Waals surface area contributed by atoms with Gasteiger partial charge < -0.3 is 5.32 Å². The van der Waals surface area contributed by atoms with Crippen LogP contribution < -0.4 is 5.32 Å². The average Bonchev–Trinajstić information content (AvgIpc) is 2.82. The molecule has 1 aliphatic rings. The largest absolute Gasteiger partial charge is 0.312 e. The molecule has 0 spiro atoms. The van der Waals surface area contributed by atoms with Crippen molar-refractivity contribution in [3.8, 4) is 0 Å². The summed E-state index contributed by atoms with van der Waals surface area (Å²) < 4.78 is 0. The Hall–Kier alpha value is -0.0400. The lowest BCUT2D eigenvalue weighted by Gasteiger charge is -2.26. The zero-order chi connectivity index (χ0) is 14.8. The van der Waals surface area contributed by atoms with Crippen molar-refractivity contribution in [2.75, 3.05) is 6.54 Å². The first-order valence-corrected chi connectivity index (χ1v) is 9.28.